The van der Waals surface area contributed by atoms with E-state index in [-0.39, 0.29) is 12.3 Å². The van der Waals surface area contributed by atoms with Crippen LogP contribution in [0.3, 0.4) is 0 Å². The molecule has 2 N–H and O–H groups in total. The van der Waals surface area contributed by atoms with E-state index in [1.807, 2.05) is 36.4 Å². The monoisotopic (exact) mass is 498 g/mol. The Morgan fingerprint density at radius 3 is 2.43 bits per heavy atom. The van der Waals surface area contributed by atoms with Crippen molar-refractivity contribution in [2.75, 3.05) is 25.2 Å². The first-order chi connectivity index (χ1) is 14.5. The van der Waals surface area contributed by atoms with Crippen LogP contribution in [0.15, 0.2) is 40.2 Å². The molecule has 0 aliphatic rings. The number of anilines is 1. The van der Waals surface area contributed by atoms with Gasteiger partial charge in [-0.3, -0.25) is 14.8 Å². The summed E-state index contributed by atoms with van der Waals surface area (Å²) in [7, 11) is 1.63. The Hall–Kier alpha value is -1.94. The normalized spacial score (nSPS) is 10.6. The summed E-state index contributed by atoms with van der Waals surface area (Å²) in [4.78, 5) is 26.9. The van der Waals surface area contributed by atoms with Gasteiger partial charge in [0, 0.05) is 30.5 Å². The van der Waals surface area contributed by atoms with Gasteiger partial charge in [-0.25, -0.2) is 5.48 Å². The molecule has 0 saturated carbocycles. The minimum atomic E-state index is -0.404. The summed E-state index contributed by atoms with van der Waals surface area (Å²) in [6.07, 6.45) is 2.69. The third-order valence-corrected chi connectivity index (χ3v) is 5.98. The fraction of sp³-hybridized carbons (Fsp3) is 0.429. The molecule has 0 bridgehead atoms. The molecule has 2 aromatic rings. The number of carbonyl (C=O) groups excluding carboxylic acids is 2. The first-order valence-electron chi connectivity index (χ1n) is 9.72. The average molecular weight is 499 g/mol. The molecule has 1 aromatic carbocycles. The number of amides is 2. The van der Waals surface area contributed by atoms with Gasteiger partial charge in [0.2, 0.25) is 11.8 Å². The minimum absolute atomic E-state index is 0.0270. The summed E-state index contributed by atoms with van der Waals surface area (Å²) in [6.45, 7) is 1.47. The van der Waals surface area contributed by atoms with Gasteiger partial charge in [-0.2, -0.15) is 0 Å². The lowest BCUT2D eigenvalue weighted by atomic mass is 10.1. The van der Waals surface area contributed by atoms with Crippen LogP contribution in [0.1, 0.15) is 37.0 Å². The number of methoxy groups -OCH3 is 1. The second kappa shape index (κ2) is 13.4. The van der Waals surface area contributed by atoms with Crippen molar-refractivity contribution in [3.63, 3.8) is 0 Å². The van der Waals surface area contributed by atoms with Gasteiger partial charge in [-0.1, -0.05) is 6.42 Å². The van der Waals surface area contributed by atoms with Crippen molar-refractivity contribution in [1.82, 2.24) is 5.48 Å². The van der Waals surface area contributed by atoms with Crippen LogP contribution in [-0.2, 0) is 20.9 Å². The molecule has 30 heavy (non-hydrogen) atoms. The van der Waals surface area contributed by atoms with Crippen molar-refractivity contribution in [1.29, 1.82) is 0 Å². The topological polar surface area (TPSA) is 88.1 Å². The van der Waals surface area contributed by atoms with Crippen molar-refractivity contribution in [2.24, 2.45) is 0 Å². The number of ether oxygens (including phenoxy) is 2. The Kier molecular flexibility index (Phi) is 10.9. The number of hydroxylamine groups is 1. The van der Waals surface area contributed by atoms with Gasteiger partial charge in [-0.05, 0) is 65.2 Å². The maximum Gasteiger partial charge on any atom is 0.243 e. The van der Waals surface area contributed by atoms with Gasteiger partial charge < -0.3 is 14.4 Å². The fourth-order valence-electron chi connectivity index (χ4n) is 2.81. The van der Waals surface area contributed by atoms with Crippen molar-refractivity contribution in [3.8, 4) is 5.75 Å². The molecule has 0 radical (unpaired) electrons. The lowest BCUT2D eigenvalue weighted by molar-refractivity contribution is -0.129. The Balaban J connectivity index is 1.99. The highest BCUT2D eigenvalue weighted by Crippen LogP contribution is 2.27. The van der Waals surface area contributed by atoms with Crippen LogP contribution in [-0.4, -0.2) is 37.3 Å². The molecule has 0 unspecified atom stereocenters. The predicted octanol–water partition coefficient (Wildman–Crippen LogP) is 4.52. The Morgan fingerprint density at radius 2 is 1.80 bits per heavy atom. The number of thiophene rings is 1. The molecule has 2 rings (SSSR count). The van der Waals surface area contributed by atoms with Crippen molar-refractivity contribution in [3.05, 3.63) is 45.1 Å². The summed E-state index contributed by atoms with van der Waals surface area (Å²) < 4.78 is 11.6. The summed E-state index contributed by atoms with van der Waals surface area (Å²) >= 11 is 5.07. The van der Waals surface area contributed by atoms with Crippen molar-refractivity contribution in [2.45, 2.75) is 38.6 Å². The second-order valence-corrected chi connectivity index (χ2v) is 9.16. The van der Waals surface area contributed by atoms with E-state index in [9.17, 15) is 9.59 Å². The molecule has 0 atom stereocenters. The van der Waals surface area contributed by atoms with Crippen LogP contribution >= 0.6 is 27.3 Å². The first kappa shape index (κ1) is 24.3. The number of benzene rings is 1. The zero-order valence-electron chi connectivity index (χ0n) is 16.9. The van der Waals surface area contributed by atoms with Crippen LogP contribution < -0.4 is 15.1 Å². The van der Waals surface area contributed by atoms with Crippen LogP contribution in [0.5, 0.6) is 5.75 Å². The van der Waals surface area contributed by atoms with E-state index in [2.05, 4.69) is 15.9 Å². The molecule has 0 spiro atoms. The lowest BCUT2D eigenvalue weighted by Crippen LogP contribution is -2.29. The van der Waals surface area contributed by atoms with Gasteiger partial charge in [0.1, 0.15) is 12.4 Å². The van der Waals surface area contributed by atoms with E-state index in [1.54, 1.807) is 28.8 Å². The SMILES string of the molecule is COCCOc1ccc(N(Cc2ccc(Br)s2)C(=O)CCCCCC(=O)NO)cc1. The number of hydrogen-bond donors (Lipinski definition) is 2. The number of unbranched alkanes of at least 4 members (excludes halogenated alkanes) is 2. The molecule has 0 fully saturated rings. The minimum Gasteiger partial charge on any atom is -0.491 e. The number of halogens is 1. The molecule has 2 amide bonds. The van der Waals surface area contributed by atoms with E-state index >= 15 is 0 Å². The largest absolute Gasteiger partial charge is 0.491 e. The van der Waals surface area contributed by atoms with Crippen LogP contribution in [0.4, 0.5) is 5.69 Å². The molecular formula is C21H27BrN2O5S. The third-order valence-electron chi connectivity index (χ3n) is 4.37. The Morgan fingerprint density at radius 1 is 1.07 bits per heavy atom. The van der Waals surface area contributed by atoms with Crippen molar-refractivity contribution >= 4 is 44.8 Å². The third kappa shape index (κ3) is 8.43. The number of nitrogens with one attached hydrogen (secondary N) is 1. The molecule has 0 aliphatic heterocycles. The van der Waals surface area contributed by atoms with Gasteiger partial charge in [0.05, 0.1) is 16.9 Å². The number of hydrogen-bond acceptors (Lipinski definition) is 6. The molecule has 0 saturated heterocycles. The average Bonchev–Trinajstić information content (AvgIpc) is 3.17. The Labute approximate surface area is 189 Å². The van der Waals surface area contributed by atoms with Crippen LogP contribution in [0.2, 0.25) is 0 Å². The zero-order chi connectivity index (χ0) is 21.8. The van der Waals surface area contributed by atoms with E-state index < -0.39 is 5.91 Å². The maximum absolute atomic E-state index is 13.0. The van der Waals surface area contributed by atoms with Crippen molar-refractivity contribution < 1.29 is 24.3 Å². The predicted molar refractivity (Wildman–Crippen MR) is 120 cm³/mol. The quantitative estimate of drug-likeness (QED) is 0.240. The standard InChI is InChI=1S/C21H27BrN2O5S/c1-28-13-14-29-17-9-7-16(8-10-17)24(15-18-11-12-19(22)30-18)21(26)6-4-2-3-5-20(25)23-27/h7-12,27H,2-6,13-15H2,1H3,(H,23,25). The second-order valence-electron chi connectivity index (χ2n) is 6.62. The number of rotatable bonds is 13. The molecule has 0 aliphatic carbocycles. The first-order valence-corrected chi connectivity index (χ1v) is 11.3. The van der Waals surface area contributed by atoms with Gasteiger partial charge in [0.15, 0.2) is 0 Å². The zero-order valence-corrected chi connectivity index (χ0v) is 19.3. The molecule has 9 heteroatoms. The summed E-state index contributed by atoms with van der Waals surface area (Å²) in [5.41, 5.74) is 2.43. The Bertz CT molecular complexity index is 797. The van der Waals surface area contributed by atoms with E-state index in [4.69, 9.17) is 14.7 Å². The molecule has 164 valence electrons. The van der Waals surface area contributed by atoms with E-state index in [1.165, 1.54) is 0 Å². The lowest BCUT2D eigenvalue weighted by Gasteiger charge is -2.23. The fourth-order valence-corrected chi connectivity index (χ4v) is 4.28. The van der Waals surface area contributed by atoms with Gasteiger partial charge in [-0.15, -0.1) is 11.3 Å². The smallest absolute Gasteiger partial charge is 0.243 e. The van der Waals surface area contributed by atoms with E-state index in [0.717, 1.165) is 26.5 Å². The number of carbonyl (C=O) groups is 2. The summed E-state index contributed by atoms with van der Waals surface area (Å²) in [5.74, 6) is 0.349. The van der Waals surface area contributed by atoms with Crippen LogP contribution in [0, 0.1) is 0 Å². The molecule has 7 nitrogen and oxygen atoms in total. The molecule has 1 aromatic heterocycles. The highest BCUT2D eigenvalue weighted by molar-refractivity contribution is 9.11. The van der Waals surface area contributed by atoms with E-state index in [0.29, 0.717) is 39.0 Å². The highest BCUT2D eigenvalue weighted by atomic mass is 79.9. The molecule has 1 heterocycles. The maximum atomic E-state index is 13.0. The summed E-state index contributed by atoms with van der Waals surface area (Å²) in [6, 6.07) is 11.4. The van der Waals surface area contributed by atoms with Gasteiger partial charge in [0.25, 0.3) is 0 Å². The summed E-state index contributed by atoms with van der Waals surface area (Å²) in [5, 5.41) is 8.52. The molecular weight excluding hydrogens is 472 g/mol. The van der Waals surface area contributed by atoms with Gasteiger partial charge >= 0.3 is 0 Å². The number of nitrogens with zero attached hydrogens (tertiary/aromatic N) is 1. The highest BCUT2D eigenvalue weighted by Gasteiger charge is 2.17. The van der Waals surface area contributed by atoms with Crippen LogP contribution in [0.25, 0.3) is 0 Å².